The van der Waals surface area contributed by atoms with Gasteiger partial charge in [0.25, 0.3) is 0 Å². The third-order valence-corrected chi connectivity index (χ3v) is 4.11. The van der Waals surface area contributed by atoms with E-state index in [9.17, 15) is 0 Å². The molecule has 0 aliphatic rings. The standard InChI is InChI=1S/C12H29N3/c1-7-10(8-2)11(14-13)12(4,9-3)15(5)6/h10-11,14H,7-9,13H2,1-6H3. The number of nitrogens with zero attached hydrogens (tertiary/aromatic N) is 1. The molecule has 0 rings (SSSR count). The lowest BCUT2D eigenvalue weighted by atomic mass is 9.78. The molecule has 2 atom stereocenters. The first-order chi connectivity index (χ1) is 6.97. The minimum absolute atomic E-state index is 0.130. The van der Waals surface area contributed by atoms with Crippen molar-refractivity contribution in [1.29, 1.82) is 0 Å². The summed E-state index contributed by atoms with van der Waals surface area (Å²) >= 11 is 0. The fourth-order valence-corrected chi connectivity index (χ4v) is 2.40. The van der Waals surface area contributed by atoms with E-state index in [0.29, 0.717) is 12.0 Å². The van der Waals surface area contributed by atoms with Crippen LogP contribution in [0, 0.1) is 5.92 Å². The lowest BCUT2D eigenvalue weighted by Gasteiger charge is -2.45. The minimum atomic E-state index is 0.130. The second-order valence-electron chi connectivity index (χ2n) is 4.83. The zero-order chi connectivity index (χ0) is 12.1. The summed E-state index contributed by atoms with van der Waals surface area (Å²) in [5.41, 5.74) is 3.17. The van der Waals surface area contributed by atoms with Gasteiger partial charge in [0.2, 0.25) is 0 Å². The van der Waals surface area contributed by atoms with Crippen LogP contribution in [0.15, 0.2) is 0 Å². The number of likely N-dealkylation sites (N-methyl/N-ethyl adjacent to an activating group) is 1. The molecule has 0 bridgehead atoms. The Kier molecular flexibility index (Phi) is 6.41. The minimum Gasteiger partial charge on any atom is -0.302 e. The molecule has 0 saturated carbocycles. The third kappa shape index (κ3) is 3.16. The molecule has 0 aromatic carbocycles. The van der Waals surface area contributed by atoms with E-state index < -0.39 is 0 Å². The summed E-state index contributed by atoms with van der Waals surface area (Å²) in [7, 11) is 4.27. The molecule has 0 spiro atoms. The van der Waals surface area contributed by atoms with Crippen LogP contribution < -0.4 is 11.3 Å². The summed E-state index contributed by atoms with van der Waals surface area (Å²) < 4.78 is 0. The van der Waals surface area contributed by atoms with Crippen molar-refractivity contribution < 1.29 is 0 Å². The summed E-state index contributed by atoms with van der Waals surface area (Å²) in [5, 5.41) is 0. The maximum Gasteiger partial charge on any atom is 0.0419 e. The molecule has 92 valence electrons. The lowest BCUT2D eigenvalue weighted by Crippen LogP contribution is -2.61. The van der Waals surface area contributed by atoms with Crippen molar-refractivity contribution in [3.8, 4) is 0 Å². The molecule has 0 amide bonds. The van der Waals surface area contributed by atoms with Gasteiger partial charge in [0.15, 0.2) is 0 Å². The van der Waals surface area contributed by atoms with Crippen LogP contribution in [-0.2, 0) is 0 Å². The molecule has 0 aromatic rings. The maximum absolute atomic E-state index is 5.75. The normalized spacial score (nSPS) is 18.2. The van der Waals surface area contributed by atoms with E-state index in [2.05, 4.69) is 52.1 Å². The average molecular weight is 215 g/mol. The van der Waals surface area contributed by atoms with Crippen molar-refractivity contribution in [1.82, 2.24) is 10.3 Å². The first-order valence-electron chi connectivity index (χ1n) is 6.11. The van der Waals surface area contributed by atoms with Gasteiger partial charge < -0.3 is 4.90 Å². The van der Waals surface area contributed by atoms with Crippen molar-refractivity contribution in [2.45, 2.75) is 58.5 Å². The summed E-state index contributed by atoms with van der Waals surface area (Å²) in [4.78, 5) is 2.29. The van der Waals surface area contributed by atoms with E-state index in [1.165, 1.54) is 12.8 Å². The molecule has 3 heteroatoms. The first-order valence-corrected chi connectivity index (χ1v) is 6.11. The Balaban J connectivity index is 4.89. The van der Waals surface area contributed by atoms with Gasteiger partial charge in [0, 0.05) is 11.6 Å². The van der Waals surface area contributed by atoms with Crippen molar-refractivity contribution in [3.05, 3.63) is 0 Å². The quantitative estimate of drug-likeness (QED) is 0.504. The van der Waals surface area contributed by atoms with Crippen LogP contribution in [0.5, 0.6) is 0 Å². The van der Waals surface area contributed by atoms with Gasteiger partial charge in [-0.1, -0.05) is 33.6 Å². The highest BCUT2D eigenvalue weighted by Gasteiger charge is 2.37. The molecule has 0 radical (unpaired) electrons. The van der Waals surface area contributed by atoms with Crippen molar-refractivity contribution in [2.24, 2.45) is 11.8 Å². The van der Waals surface area contributed by atoms with Crippen molar-refractivity contribution in [3.63, 3.8) is 0 Å². The Morgan fingerprint density at radius 3 is 1.87 bits per heavy atom. The molecule has 3 nitrogen and oxygen atoms in total. The van der Waals surface area contributed by atoms with Gasteiger partial charge in [0.05, 0.1) is 0 Å². The van der Waals surface area contributed by atoms with Crippen LogP contribution in [0.4, 0.5) is 0 Å². The molecule has 15 heavy (non-hydrogen) atoms. The molecule has 2 unspecified atom stereocenters. The van der Waals surface area contributed by atoms with Crippen LogP contribution in [0.1, 0.15) is 47.0 Å². The molecule has 0 aliphatic carbocycles. The van der Waals surface area contributed by atoms with E-state index in [4.69, 9.17) is 5.84 Å². The fraction of sp³-hybridized carbons (Fsp3) is 1.00. The van der Waals surface area contributed by atoms with Crippen LogP contribution in [-0.4, -0.2) is 30.6 Å². The van der Waals surface area contributed by atoms with Crippen LogP contribution >= 0.6 is 0 Å². The predicted octanol–water partition coefficient (Wildman–Crippen LogP) is 1.98. The Labute approximate surface area is 95.4 Å². The molecule has 0 aliphatic heterocycles. The van der Waals surface area contributed by atoms with Gasteiger partial charge in [-0.25, -0.2) is 0 Å². The monoisotopic (exact) mass is 215 g/mol. The van der Waals surface area contributed by atoms with Crippen molar-refractivity contribution in [2.75, 3.05) is 14.1 Å². The smallest absolute Gasteiger partial charge is 0.0419 e. The summed E-state index contributed by atoms with van der Waals surface area (Å²) in [6.07, 6.45) is 3.45. The molecule has 3 N–H and O–H groups in total. The Hall–Kier alpha value is -0.120. The Morgan fingerprint density at radius 2 is 1.67 bits per heavy atom. The lowest BCUT2D eigenvalue weighted by molar-refractivity contribution is 0.0774. The number of hydrazine groups is 1. The van der Waals surface area contributed by atoms with E-state index in [-0.39, 0.29) is 5.54 Å². The number of rotatable bonds is 7. The van der Waals surface area contributed by atoms with E-state index in [0.717, 1.165) is 6.42 Å². The molecular formula is C12H29N3. The molecule has 0 saturated heterocycles. The second-order valence-corrected chi connectivity index (χ2v) is 4.83. The summed E-state index contributed by atoms with van der Waals surface area (Å²) in [6.45, 7) is 9.00. The molecule has 0 aromatic heterocycles. The summed E-state index contributed by atoms with van der Waals surface area (Å²) in [6, 6.07) is 0.354. The second kappa shape index (κ2) is 6.46. The van der Waals surface area contributed by atoms with Crippen molar-refractivity contribution >= 4 is 0 Å². The number of hydrogen-bond acceptors (Lipinski definition) is 3. The largest absolute Gasteiger partial charge is 0.302 e. The SMILES string of the molecule is CCC(CC)C(NN)C(C)(CC)N(C)C. The maximum atomic E-state index is 5.75. The molecule has 0 heterocycles. The molecular weight excluding hydrogens is 186 g/mol. The van der Waals surface area contributed by atoms with E-state index >= 15 is 0 Å². The Bertz CT molecular complexity index is 166. The van der Waals surface area contributed by atoms with Crippen LogP contribution in [0.3, 0.4) is 0 Å². The van der Waals surface area contributed by atoms with Crippen LogP contribution in [0.25, 0.3) is 0 Å². The van der Waals surface area contributed by atoms with Gasteiger partial charge in [-0.3, -0.25) is 11.3 Å². The van der Waals surface area contributed by atoms with Gasteiger partial charge in [-0.05, 0) is 33.4 Å². The van der Waals surface area contributed by atoms with Crippen LogP contribution in [0.2, 0.25) is 0 Å². The number of nitrogens with one attached hydrogen (secondary N) is 1. The predicted molar refractivity (Wildman–Crippen MR) is 67.6 cm³/mol. The number of nitrogens with two attached hydrogens (primary N) is 1. The Morgan fingerprint density at radius 1 is 1.20 bits per heavy atom. The highest BCUT2D eigenvalue weighted by molar-refractivity contribution is 4.96. The average Bonchev–Trinajstić information content (AvgIpc) is 2.24. The number of hydrogen-bond donors (Lipinski definition) is 2. The van der Waals surface area contributed by atoms with Gasteiger partial charge in [0.1, 0.15) is 0 Å². The topological polar surface area (TPSA) is 41.3 Å². The first kappa shape index (κ1) is 14.9. The van der Waals surface area contributed by atoms with E-state index in [1.54, 1.807) is 0 Å². The van der Waals surface area contributed by atoms with E-state index in [1.807, 2.05) is 0 Å². The van der Waals surface area contributed by atoms with Gasteiger partial charge in [-0.15, -0.1) is 0 Å². The fourth-order valence-electron chi connectivity index (χ4n) is 2.40. The zero-order valence-electron chi connectivity index (χ0n) is 11.3. The van der Waals surface area contributed by atoms with Gasteiger partial charge in [-0.2, -0.15) is 0 Å². The highest BCUT2D eigenvalue weighted by Crippen LogP contribution is 2.28. The third-order valence-electron chi connectivity index (χ3n) is 4.11. The zero-order valence-corrected chi connectivity index (χ0v) is 11.3. The van der Waals surface area contributed by atoms with Gasteiger partial charge >= 0.3 is 0 Å². The highest BCUT2D eigenvalue weighted by atomic mass is 15.3. The summed E-state index contributed by atoms with van der Waals surface area (Å²) in [5.74, 6) is 6.39. The molecule has 0 fully saturated rings.